The second-order valence-electron chi connectivity index (χ2n) is 4.60. The van der Waals surface area contributed by atoms with Crippen molar-refractivity contribution in [2.75, 3.05) is 0 Å². The molecule has 0 aliphatic heterocycles. The van der Waals surface area contributed by atoms with Gasteiger partial charge in [-0.2, -0.15) is 0 Å². The molecule has 0 bridgehead atoms. The molecule has 0 spiro atoms. The third-order valence-electron chi connectivity index (χ3n) is 3.25. The number of benzene rings is 1. The first-order valence-electron chi connectivity index (χ1n) is 6.65. The van der Waals surface area contributed by atoms with E-state index in [0.717, 1.165) is 35.4 Å². The minimum Gasteiger partial charge on any atom is -0.327 e. The molecule has 0 saturated heterocycles. The molecule has 0 amide bonds. The van der Waals surface area contributed by atoms with Crippen LogP contribution in [0, 0.1) is 0 Å². The van der Waals surface area contributed by atoms with E-state index < -0.39 is 0 Å². The van der Waals surface area contributed by atoms with E-state index in [1.807, 2.05) is 6.07 Å². The molecular weight excluding hydrogens is 334 g/mol. The monoisotopic (exact) mass is 349 g/mol. The molecule has 104 valence electrons. The summed E-state index contributed by atoms with van der Waals surface area (Å²) < 4.78 is 3.42. The number of hydrogen-bond acceptors (Lipinski definition) is 3. The zero-order valence-corrected chi connectivity index (χ0v) is 13.7. The Hall–Kier alpha value is -1.17. The van der Waals surface area contributed by atoms with Gasteiger partial charge in [0.2, 0.25) is 0 Å². The lowest BCUT2D eigenvalue weighted by molar-refractivity contribution is 0.624. The largest absolute Gasteiger partial charge is 0.327 e. The summed E-state index contributed by atoms with van der Waals surface area (Å²) in [4.78, 5) is 6.04. The van der Waals surface area contributed by atoms with Crippen LogP contribution in [0.25, 0.3) is 11.0 Å². The maximum Gasteiger partial charge on any atom is 0.123 e. The Kier molecular flexibility index (Phi) is 4.19. The number of aryl methyl sites for hydroxylation is 1. The number of imidazole rings is 1. The van der Waals surface area contributed by atoms with Crippen LogP contribution >= 0.6 is 27.3 Å². The van der Waals surface area contributed by atoms with Gasteiger partial charge in [-0.15, -0.1) is 11.3 Å². The van der Waals surface area contributed by atoms with Gasteiger partial charge in [0, 0.05) is 27.8 Å². The van der Waals surface area contributed by atoms with E-state index in [2.05, 4.69) is 62.4 Å². The van der Waals surface area contributed by atoms with E-state index in [0.29, 0.717) is 0 Å². The van der Waals surface area contributed by atoms with Crippen LogP contribution in [0.4, 0.5) is 0 Å². The number of hydrogen-bond donors (Lipinski definition) is 1. The lowest BCUT2D eigenvalue weighted by atomic mass is 10.3. The summed E-state index contributed by atoms with van der Waals surface area (Å²) in [6, 6.07) is 10.5. The lowest BCUT2D eigenvalue weighted by Crippen LogP contribution is -2.15. The van der Waals surface area contributed by atoms with Crippen LogP contribution in [0.15, 0.2) is 40.2 Å². The molecule has 0 aliphatic carbocycles. The highest BCUT2D eigenvalue weighted by Crippen LogP contribution is 2.20. The second-order valence-corrected chi connectivity index (χ2v) is 6.51. The van der Waals surface area contributed by atoms with Gasteiger partial charge in [0.1, 0.15) is 5.82 Å². The van der Waals surface area contributed by atoms with Crippen molar-refractivity contribution in [1.82, 2.24) is 14.9 Å². The molecule has 5 heteroatoms. The van der Waals surface area contributed by atoms with E-state index in [1.54, 1.807) is 11.3 Å². The molecule has 0 fully saturated rings. The Labute approximate surface area is 130 Å². The molecule has 0 radical (unpaired) electrons. The van der Waals surface area contributed by atoms with Crippen molar-refractivity contribution in [3.05, 3.63) is 50.9 Å². The SMILES string of the molecule is CCn1c(CNCc2cc(Br)cs2)nc2ccccc21. The van der Waals surface area contributed by atoms with Crippen molar-refractivity contribution in [2.24, 2.45) is 0 Å². The van der Waals surface area contributed by atoms with Crippen LogP contribution in [0.2, 0.25) is 0 Å². The van der Waals surface area contributed by atoms with E-state index >= 15 is 0 Å². The van der Waals surface area contributed by atoms with Crippen molar-refractivity contribution >= 4 is 38.3 Å². The molecule has 20 heavy (non-hydrogen) atoms. The minimum absolute atomic E-state index is 0.790. The summed E-state index contributed by atoms with van der Waals surface area (Å²) in [5.41, 5.74) is 2.29. The number of fused-ring (bicyclic) bond motifs is 1. The maximum absolute atomic E-state index is 4.71. The van der Waals surface area contributed by atoms with E-state index in [4.69, 9.17) is 4.98 Å². The van der Waals surface area contributed by atoms with Gasteiger partial charge in [0.15, 0.2) is 0 Å². The number of para-hydroxylation sites is 2. The summed E-state index contributed by atoms with van der Waals surface area (Å²) in [5, 5.41) is 5.58. The molecule has 0 unspecified atom stereocenters. The average Bonchev–Trinajstić information content (AvgIpc) is 3.02. The maximum atomic E-state index is 4.71. The van der Waals surface area contributed by atoms with Crippen LogP contribution in [-0.4, -0.2) is 9.55 Å². The van der Waals surface area contributed by atoms with Gasteiger partial charge in [0.05, 0.1) is 17.6 Å². The van der Waals surface area contributed by atoms with Crippen LogP contribution in [0.1, 0.15) is 17.6 Å². The van der Waals surface area contributed by atoms with Gasteiger partial charge in [-0.3, -0.25) is 0 Å². The Bertz CT molecular complexity index is 717. The zero-order chi connectivity index (χ0) is 13.9. The highest BCUT2D eigenvalue weighted by atomic mass is 79.9. The Morgan fingerprint density at radius 2 is 2.15 bits per heavy atom. The van der Waals surface area contributed by atoms with E-state index in [-0.39, 0.29) is 0 Å². The zero-order valence-electron chi connectivity index (χ0n) is 11.3. The fraction of sp³-hybridized carbons (Fsp3) is 0.267. The third-order valence-corrected chi connectivity index (χ3v) is 4.95. The highest BCUT2D eigenvalue weighted by molar-refractivity contribution is 9.10. The number of nitrogens with one attached hydrogen (secondary N) is 1. The number of halogens is 1. The van der Waals surface area contributed by atoms with E-state index in [1.165, 1.54) is 10.4 Å². The molecule has 0 saturated carbocycles. The first kappa shape index (κ1) is 13.8. The van der Waals surface area contributed by atoms with Crippen LogP contribution in [0.3, 0.4) is 0 Å². The van der Waals surface area contributed by atoms with Crippen LogP contribution < -0.4 is 5.32 Å². The minimum atomic E-state index is 0.790. The number of nitrogens with zero attached hydrogens (tertiary/aromatic N) is 2. The second kappa shape index (κ2) is 6.08. The number of thiophene rings is 1. The Morgan fingerprint density at radius 1 is 1.30 bits per heavy atom. The number of rotatable bonds is 5. The normalized spacial score (nSPS) is 11.3. The van der Waals surface area contributed by atoms with Gasteiger partial charge < -0.3 is 9.88 Å². The standard InChI is InChI=1S/C15H16BrN3S/c1-2-19-14-6-4-3-5-13(14)18-15(19)9-17-8-12-7-11(16)10-20-12/h3-7,10,17H,2,8-9H2,1H3. The first-order chi connectivity index (χ1) is 9.78. The van der Waals surface area contributed by atoms with Gasteiger partial charge in [0.25, 0.3) is 0 Å². The van der Waals surface area contributed by atoms with E-state index in [9.17, 15) is 0 Å². The van der Waals surface area contributed by atoms with Crippen molar-refractivity contribution in [2.45, 2.75) is 26.6 Å². The number of aromatic nitrogens is 2. The average molecular weight is 350 g/mol. The smallest absolute Gasteiger partial charge is 0.123 e. The quantitative estimate of drug-likeness (QED) is 0.749. The highest BCUT2D eigenvalue weighted by Gasteiger charge is 2.08. The molecule has 0 atom stereocenters. The molecule has 2 heterocycles. The lowest BCUT2D eigenvalue weighted by Gasteiger charge is -2.06. The van der Waals surface area contributed by atoms with Crippen LogP contribution in [0.5, 0.6) is 0 Å². The summed E-state index contributed by atoms with van der Waals surface area (Å²) in [6.45, 7) is 4.78. The molecule has 1 N–H and O–H groups in total. The first-order valence-corrected chi connectivity index (χ1v) is 8.33. The molecule has 2 aromatic heterocycles. The predicted molar refractivity (Wildman–Crippen MR) is 88.0 cm³/mol. The molecule has 3 nitrogen and oxygen atoms in total. The van der Waals surface area contributed by atoms with Crippen molar-refractivity contribution in [1.29, 1.82) is 0 Å². The van der Waals surface area contributed by atoms with Crippen LogP contribution in [-0.2, 0) is 19.6 Å². The molecule has 3 rings (SSSR count). The van der Waals surface area contributed by atoms with Crippen molar-refractivity contribution in [3.63, 3.8) is 0 Å². The summed E-state index contributed by atoms with van der Waals surface area (Å²) in [5.74, 6) is 1.10. The van der Waals surface area contributed by atoms with Gasteiger partial charge in [-0.25, -0.2) is 4.98 Å². The summed E-state index contributed by atoms with van der Waals surface area (Å²) in [7, 11) is 0. The van der Waals surface area contributed by atoms with Gasteiger partial charge in [-0.05, 0) is 41.1 Å². The topological polar surface area (TPSA) is 29.9 Å². The Balaban J connectivity index is 1.73. The molecule has 3 aromatic rings. The third kappa shape index (κ3) is 2.80. The fourth-order valence-corrected chi connectivity index (χ4v) is 3.78. The fourth-order valence-electron chi connectivity index (χ4n) is 2.36. The van der Waals surface area contributed by atoms with Crippen molar-refractivity contribution < 1.29 is 0 Å². The predicted octanol–water partition coefficient (Wildman–Crippen LogP) is 4.17. The summed E-state index contributed by atoms with van der Waals surface area (Å²) in [6.07, 6.45) is 0. The molecule has 0 aliphatic rings. The van der Waals surface area contributed by atoms with Gasteiger partial charge in [-0.1, -0.05) is 12.1 Å². The van der Waals surface area contributed by atoms with Gasteiger partial charge >= 0.3 is 0 Å². The Morgan fingerprint density at radius 3 is 2.90 bits per heavy atom. The molecule has 1 aromatic carbocycles. The molecular formula is C15H16BrN3S. The summed E-state index contributed by atoms with van der Waals surface area (Å²) >= 11 is 5.24. The van der Waals surface area contributed by atoms with Crippen molar-refractivity contribution in [3.8, 4) is 0 Å².